The van der Waals surface area contributed by atoms with Crippen LogP contribution in [-0.2, 0) is 37.9 Å². The number of carbonyl (C=O) groups excluding carboxylic acids is 1. The van der Waals surface area contributed by atoms with Crippen LogP contribution in [0.1, 0.15) is 29.9 Å². The first kappa shape index (κ1) is 35.2. The van der Waals surface area contributed by atoms with E-state index in [9.17, 15) is 4.79 Å². The molecule has 0 aromatic heterocycles. The second-order valence-corrected chi connectivity index (χ2v) is 10.7. The molecule has 0 saturated carbocycles. The molecule has 1 fully saturated rings. The minimum absolute atomic E-state index is 0.0452. The summed E-state index contributed by atoms with van der Waals surface area (Å²) in [6, 6.07) is 16.5. The van der Waals surface area contributed by atoms with E-state index in [2.05, 4.69) is 34.9 Å². The van der Waals surface area contributed by atoms with Crippen molar-refractivity contribution in [2.75, 3.05) is 112 Å². The molecule has 1 aliphatic heterocycles. The van der Waals surface area contributed by atoms with E-state index in [0.29, 0.717) is 105 Å². The van der Waals surface area contributed by atoms with E-state index < -0.39 is 6.09 Å². The maximum absolute atomic E-state index is 12.2. The van der Waals surface area contributed by atoms with Crippen LogP contribution in [0.15, 0.2) is 48.5 Å². The molecule has 0 radical (unpaired) electrons. The van der Waals surface area contributed by atoms with Gasteiger partial charge in [0, 0.05) is 12.5 Å². The SMILES string of the molecule is O=C(NCCOCCOCCOCCOCCOCCOCCOC1CCNCC1)OCC1c2ccccc2-c2ccccc21. The molecule has 4 rings (SSSR count). The summed E-state index contributed by atoms with van der Waals surface area (Å²) in [5, 5.41) is 6.07. The number of ether oxygens (including phenoxy) is 8. The van der Waals surface area contributed by atoms with Crippen molar-refractivity contribution in [1.82, 2.24) is 10.6 Å². The third kappa shape index (κ3) is 13.3. The summed E-state index contributed by atoms with van der Waals surface area (Å²) in [6.45, 7) is 9.37. The molecule has 0 spiro atoms. The summed E-state index contributed by atoms with van der Waals surface area (Å²) in [6.07, 6.45) is 2.08. The van der Waals surface area contributed by atoms with Gasteiger partial charge in [0.1, 0.15) is 6.61 Å². The van der Waals surface area contributed by atoms with Gasteiger partial charge in [0.15, 0.2) is 0 Å². The lowest BCUT2D eigenvalue weighted by atomic mass is 9.98. The smallest absolute Gasteiger partial charge is 0.407 e. The Labute approximate surface area is 267 Å². The third-order valence-electron chi connectivity index (χ3n) is 7.59. The zero-order chi connectivity index (χ0) is 31.2. The predicted molar refractivity (Wildman–Crippen MR) is 170 cm³/mol. The number of hydrogen-bond acceptors (Lipinski definition) is 10. The largest absolute Gasteiger partial charge is 0.449 e. The Bertz CT molecular complexity index is 1040. The second kappa shape index (κ2) is 22.0. The van der Waals surface area contributed by atoms with Gasteiger partial charge in [0.05, 0.1) is 92.0 Å². The lowest BCUT2D eigenvalue weighted by Crippen LogP contribution is -2.33. The molecular weight excluding hydrogens is 580 g/mol. The van der Waals surface area contributed by atoms with Crippen LogP contribution in [0.2, 0.25) is 0 Å². The molecule has 1 amide bonds. The summed E-state index contributed by atoms with van der Waals surface area (Å²) in [7, 11) is 0. The van der Waals surface area contributed by atoms with Crippen LogP contribution in [0.5, 0.6) is 0 Å². The lowest BCUT2D eigenvalue weighted by molar-refractivity contribution is -0.0306. The van der Waals surface area contributed by atoms with Gasteiger partial charge in [-0.05, 0) is 48.2 Å². The van der Waals surface area contributed by atoms with Crippen LogP contribution in [0.4, 0.5) is 4.79 Å². The molecular formula is C34H50N2O9. The summed E-state index contributed by atoms with van der Waals surface area (Å²) in [5.41, 5.74) is 4.80. The molecule has 2 aliphatic rings. The number of alkyl carbamates (subject to hydrolysis) is 1. The molecule has 0 bridgehead atoms. The van der Waals surface area contributed by atoms with E-state index in [1.165, 1.54) is 22.3 Å². The highest BCUT2D eigenvalue weighted by Crippen LogP contribution is 2.44. The van der Waals surface area contributed by atoms with E-state index in [4.69, 9.17) is 37.9 Å². The number of carbonyl (C=O) groups is 1. The number of hydrogen-bond donors (Lipinski definition) is 2. The van der Waals surface area contributed by atoms with E-state index >= 15 is 0 Å². The van der Waals surface area contributed by atoms with Crippen LogP contribution in [0.25, 0.3) is 11.1 Å². The van der Waals surface area contributed by atoms with Gasteiger partial charge in [0.2, 0.25) is 0 Å². The molecule has 2 aromatic rings. The molecule has 250 valence electrons. The topological polar surface area (TPSA) is 115 Å². The average molecular weight is 631 g/mol. The highest BCUT2D eigenvalue weighted by atomic mass is 16.6. The van der Waals surface area contributed by atoms with Crippen molar-refractivity contribution in [3.8, 4) is 11.1 Å². The molecule has 0 unspecified atom stereocenters. The zero-order valence-corrected chi connectivity index (χ0v) is 26.4. The quantitative estimate of drug-likeness (QED) is 0.167. The van der Waals surface area contributed by atoms with Gasteiger partial charge in [-0.3, -0.25) is 0 Å². The third-order valence-corrected chi connectivity index (χ3v) is 7.59. The van der Waals surface area contributed by atoms with Crippen LogP contribution in [0, 0.1) is 0 Å². The van der Waals surface area contributed by atoms with Crippen LogP contribution in [-0.4, -0.2) is 124 Å². The van der Waals surface area contributed by atoms with Gasteiger partial charge >= 0.3 is 6.09 Å². The van der Waals surface area contributed by atoms with E-state index in [-0.39, 0.29) is 5.92 Å². The standard InChI is InChI=1S/C34H50N2O9/c37-34(45-27-33-31-7-3-1-5-29(31)30-6-2-4-8-32(30)33)36-13-14-38-15-16-39-17-18-40-19-20-41-21-22-42-23-24-43-25-26-44-28-9-11-35-12-10-28/h1-8,28,33,35H,9-27H2,(H,36,37). The summed E-state index contributed by atoms with van der Waals surface area (Å²) in [5.74, 6) is 0.0452. The monoisotopic (exact) mass is 630 g/mol. The van der Waals surface area contributed by atoms with Gasteiger partial charge in [-0.15, -0.1) is 0 Å². The number of benzene rings is 2. The normalized spacial score (nSPS) is 14.8. The van der Waals surface area contributed by atoms with Crippen LogP contribution in [0.3, 0.4) is 0 Å². The van der Waals surface area contributed by atoms with Gasteiger partial charge in [-0.1, -0.05) is 48.5 Å². The Balaban J connectivity index is 0.852. The maximum Gasteiger partial charge on any atom is 0.407 e. The first-order valence-electron chi connectivity index (χ1n) is 16.2. The van der Waals surface area contributed by atoms with Crippen molar-refractivity contribution in [2.45, 2.75) is 24.9 Å². The Kier molecular flexibility index (Phi) is 17.2. The summed E-state index contributed by atoms with van der Waals surface area (Å²) in [4.78, 5) is 12.2. The van der Waals surface area contributed by atoms with Gasteiger partial charge in [-0.2, -0.15) is 0 Å². The van der Waals surface area contributed by atoms with Crippen molar-refractivity contribution >= 4 is 6.09 Å². The van der Waals surface area contributed by atoms with E-state index in [1.54, 1.807) is 0 Å². The Hall–Kier alpha value is -2.61. The molecule has 2 N–H and O–H groups in total. The second-order valence-electron chi connectivity index (χ2n) is 10.7. The van der Waals surface area contributed by atoms with Crippen molar-refractivity contribution in [3.05, 3.63) is 59.7 Å². The molecule has 1 heterocycles. The van der Waals surface area contributed by atoms with E-state index in [0.717, 1.165) is 25.9 Å². The van der Waals surface area contributed by atoms with E-state index in [1.807, 2.05) is 24.3 Å². The number of nitrogens with one attached hydrogen (secondary N) is 2. The van der Waals surface area contributed by atoms with Crippen molar-refractivity contribution in [1.29, 1.82) is 0 Å². The van der Waals surface area contributed by atoms with Crippen molar-refractivity contribution < 1.29 is 42.7 Å². The lowest BCUT2D eigenvalue weighted by Gasteiger charge is -2.22. The average Bonchev–Trinajstić information content (AvgIpc) is 3.40. The number of rotatable bonds is 24. The molecule has 45 heavy (non-hydrogen) atoms. The fraction of sp³-hybridized carbons (Fsp3) is 0.618. The minimum Gasteiger partial charge on any atom is -0.449 e. The van der Waals surface area contributed by atoms with Crippen LogP contribution < -0.4 is 10.6 Å². The Morgan fingerprint density at radius 2 is 1.07 bits per heavy atom. The fourth-order valence-electron chi connectivity index (χ4n) is 5.31. The van der Waals surface area contributed by atoms with Gasteiger partial charge in [0.25, 0.3) is 0 Å². The Morgan fingerprint density at radius 1 is 0.622 bits per heavy atom. The number of piperidine rings is 1. The maximum atomic E-state index is 12.2. The number of fused-ring (bicyclic) bond motifs is 3. The molecule has 1 aliphatic carbocycles. The molecule has 1 saturated heterocycles. The molecule has 11 nitrogen and oxygen atoms in total. The Morgan fingerprint density at radius 3 is 1.58 bits per heavy atom. The first-order chi connectivity index (χ1) is 22.3. The highest BCUT2D eigenvalue weighted by Gasteiger charge is 2.28. The predicted octanol–water partition coefficient (Wildman–Crippen LogP) is 3.39. The van der Waals surface area contributed by atoms with Gasteiger partial charge in [-0.25, -0.2) is 4.79 Å². The summed E-state index contributed by atoms with van der Waals surface area (Å²) >= 11 is 0. The van der Waals surface area contributed by atoms with Crippen molar-refractivity contribution in [3.63, 3.8) is 0 Å². The number of amides is 1. The molecule has 0 atom stereocenters. The first-order valence-corrected chi connectivity index (χ1v) is 16.2. The highest BCUT2D eigenvalue weighted by molar-refractivity contribution is 5.79. The minimum atomic E-state index is -0.445. The van der Waals surface area contributed by atoms with Crippen LogP contribution >= 0.6 is 0 Å². The zero-order valence-electron chi connectivity index (χ0n) is 26.4. The summed E-state index contributed by atoms with van der Waals surface area (Å²) < 4.78 is 44.4. The van der Waals surface area contributed by atoms with Gasteiger partial charge < -0.3 is 48.5 Å². The molecule has 11 heteroatoms. The fourth-order valence-corrected chi connectivity index (χ4v) is 5.31. The van der Waals surface area contributed by atoms with Crippen molar-refractivity contribution in [2.24, 2.45) is 0 Å². The molecule has 2 aromatic carbocycles.